The molecule has 0 aliphatic carbocycles. The van der Waals surface area contributed by atoms with Gasteiger partial charge in [-0.05, 0) is 13.8 Å². The molecule has 0 aromatic carbocycles. The maximum absolute atomic E-state index is 11.5. The van der Waals surface area contributed by atoms with E-state index in [1.807, 2.05) is 0 Å². The van der Waals surface area contributed by atoms with E-state index in [1.54, 1.807) is 13.8 Å². The summed E-state index contributed by atoms with van der Waals surface area (Å²) in [6.07, 6.45) is -3.79. The van der Waals surface area contributed by atoms with Gasteiger partial charge in [-0.25, -0.2) is 0 Å². The molecule has 0 aromatic heterocycles. The molecule has 0 spiro atoms. The summed E-state index contributed by atoms with van der Waals surface area (Å²) in [6.45, 7) is 4.72. The highest BCUT2D eigenvalue weighted by molar-refractivity contribution is 8.13. The molecular weight excluding hydrogens is 336 g/mol. The molecule has 2 aliphatic heterocycles. The normalized spacial score (nSPS) is 35.3. The van der Waals surface area contributed by atoms with Crippen molar-refractivity contribution in [3.8, 4) is 0 Å². The lowest BCUT2D eigenvalue weighted by molar-refractivity contribution is -0.222. The maximum atomic E-state index is 11.5. The Morgan fingerprint density at radius 3 is 2.59 bits per heavy atom. The highest BCUT2D eigenvalue weighted by Crippen LogP contribution is 2.40. The van der Waals surface area contributed by atoms with Crippen LogP contribution in [0.15, 0.2) is 0 Å². The Balaban J connectivity index is 2.14. The van der Waals surface area contributed by atoms with Gasteiger partial charge in [-0.3, -0.25) is 8.98 Å². The predicted molar refractivity (Wildman–Crippen MR) is 77.6 cm³/mol. The summed E-state index contributed by atoms with van der Waals surface area (Å²) in [7, 11) is -3.78. The SMILES string of the molecule is CC(=O)SC[C@H](O)[C@H]1O[C@@H]2OC(C)(C)O[C@@H]2[C@H]1OS(C)(=O)=O. The van der Waals surface area contributed by atoms with Crippen molar-refractivity contribution in [2.75, 3.05) is 12.0 Å². The molecule has 0 saturated carbocycles. The van der Waals surface area contributed by atoms with Gasteiger partial charge in [0.2, 0.25) is 0 Å². The minimum Gasteiger partial charge on any atom is -0.389 e. The van der Waals surface area contributed by atoms with Gasteiger partial charge in [0.25, 0.3) is 10.1 Å². The number of aliphatic hydroxyl groups is 1. The van der Waals surface area contributed by atoms with E-state index < -0.39 is 46.6 Å². The Kier molecular flexibility index (Phi) is 5.22. The standard InChI is InChI=1S/C12H20O8S2/c1-6(13)21-5-7(14)8-9(20-22(4,15)16)10-11(17-8)19-12(2,3)18-10/h7-11,14H,5H2,1-4H3/t7-,8+,9-,10+,11+/m0/s1. The molecule has 2 heterocycles. The van der Waals surface area contributed by atoms with Gasteiger partial charge in [-0.1, -0.05) is 11.8 Å². The molecule has 5 atom stereocenters. The molecule has 128 valence electrons. The second kappa shape index (κ2) is 6.34. The first kappa shape index (κ1) is 18.1. The largest absolute Gasteiger partial charge is 0.389 e. The van der Waals surface area contributed by atoms with E-state index >= 15 is 0 Å². The molecule has 0 amide bonds. The molecule has 0 unspecified atom stereocenters. The maximum Gasteiger partial charge on any atom is 0.264 e. The van der Waals surface area contributed by atoms with Crippen molar-refractivity contribution >= 4 is 27.0 Å². The molecule has 8 nitrogen and oxygen atoms in total. The van der Waals surface area contributed by atoms with Crippen LogP contribution in [-0.4, -0.2) is 67.1 Å². The van der Waals surface area contributed by atoms with Gasteiger partial charge in [0.1, 0.15) is 18.3 Å². The van der Waals surface area contributed by atoms with E-state index in [0.717, 1.165) is 18.0 Å². The number of carbonyl (C=O) groups is 1. The lowest BCUT2D eigenvalue weighted by Gasteiger charge is -2.27. The minimum absolute atomic E-state index is 0.0620. The summed E-state index contributed by atoms with van der Waals surface area (Å²) in [4.78, 5) is 11.0. The summed E-state index contributed by atoms with van der Waals surface area (Å²) >= 11 is 0.919. The van der Waals surface area contributed by atoms with Crippen molar-refractivity contribution in [3.63, 3.8) is 0 Å². The number of aliphatic hydroxyl groups excluding tert-OH is 1. The van der Waals surface area contributed by atoms with E-state index in [4.69, 9.17) is 18.4 Å². The fraction of sp³-hybridized carbons (Fsp3) is 0.917. The smallest absolute Gasteiger partial charge is 0.264 e. The molecule has 1 N–H and O–H groups in total. The number of hydrogen-bond acceptors (Lipinski definition) is 9. The summed E-state index contributed by atoms with van der Waals surface area (Å²) in [5.74, 6) is -0.870. The van der Waals surface area contributed by atoms with Crippen molar-refractivity contribution in [1.29, 1.82) is 0 Å². The van der Waals surface area contributed by atoms with E-state index in [-0.39, 0.29) is 10.9 Å². The molecule has 2 rings (SSSR count). The van der Waals surface area contributed by atoms with Crippen LogP contribution in [0.2, 0.25) is 0 Å². The van der Waals surface area contributed by atoms with Crippen molar-refractivity contribution in [1.82, 2.24) is 0 Å². The zero-order valence-electron chi connectivity index (χ0n) is 12.7. The first-order valence-corrected chi connectivity index (χ1v) is 9.49. The van der Waals surface area contributed by atoms with E-state index in [9.17, 15) is 18.3 Å². The third-order valence-corrected chi connectivity index (χ3v) is 4.64. The molecule has 0 aromatic rings. The van der Waals surface area contributed by atoms with Gasteiger partial charge in [-0.15, -0.1) is 0 Å². The highest BCUT2D eigenvalue weighted by Gasteiger charge is 2.58. The van der Waals surface area contributed by atoms with Crippen molar-refractivity contribution in [2.45, 2.75) is 57.3 Å². The quantitative estimate of drug-likeness (QED) is 0.673. The average molecular weight is 356 g/mol. The molecule has 2 fully saturated rings. The van der Waals surface area contributed by atoms with Gasteiger partial charge in [0.05, 0.1) is 12.4 Å². The van der Waals surface area contributed by atoms with Crippen molar-refractivity contribution in [2.24, 2.45) is 0 Å². The summed E-state index contributed by atoms with van der Waals surface area (Å²) in [5, 5.41) is 10.0. The third-order valence-electron chi connectivity index (χ3n) is 3.15. The van der Waals surface area contributed by atoms with Crippen LogP contribution in [-0.2, 0) is 33.3 Å². The number of thioether (sulfide) groups is 1. The summed E-state index contributed by atoms with van der Waals surface area (Å²) in [5.41, 5.74) is 0. The van der Waals surface area contributed by atoms with Crippen molar-refractivity contribution < 1.29 is 36.7 Å². The van der Waals surface area contributed by atoms with E-state index in [1.165, 1.54) is 6.92 Å². The van der Waals surface area contributed by atoms with Gasteiger partial charge in [0.15, 0.2) is 17.2 Å². The Morgan fingerprint density at radius 1 is 1.41 bits per heavy atom. The zero-order chi connectivity index (χ0) is 16.7. The molecule has 10 heteroatoms. The number of hydrogen-bond donors (Lipinski definition) is 1. The zero-order valence-corrected chi connectivity index (χ0v) is 14.3. The lowest BCUT2D eigenvalue weighted by Crippen LogP contribution is -2.44. The van der Waals surface area contributed by atoms with Gasteiger partial charge in [-0.2, -0.15) is 8.42 Å². The Labute approximate surface area is 133 Å². The lowest BCUT2D eigenvalue weighted by atomic mass is 10.1. The van der Waals surface area contributed by atoms with Crippen LogP contribution in [0.4, 0.5) is 0 Å². The van der Waals surface area contributed by atoms with Crippen LogP contribution in [0.1, 0.15) is 20.8 Å². The molecule has 0 radical (unpaired) electrons. The van der Waals surface area contributed by atoms with Crippen molar-refractivity contribution in [3.05, 3.63) is 0 Å². The Bertz CT molecular complexity index is 531. The van der Waals surface area contributed by atoms with E-state index in [2.05, 4.69) is 0 Å². The monoisotopic (exact) mass is 356 g/mol. The van der Waals surface area contributed by atoms with Crippen LogP contribution >= 0.6 is 11.8 Å². The number of carbonyl (C=O) groups excluding carboxylic acids is 1. The fourth-order valence-corrected chi connectivity index (χ4v) is 3.64. The molecule has 2 aliphatic rings. The fourth-order valence-electron chi connectivity index (χ4n) is 2.42. The van der Waals surface area contributed by atoms with Gasteiger partial charge >= 0.3 is 0 Å². The van der Waals surface area contributed by atoms with Gasteiger partial charge in [0, 0.05) is 12.7 Å². The molecule has 0 bridgehead atoms. The molecular formula is C12H20O8S2. The van der Waals surface area contributed by atoms with Crippen LogP contribution in [0.5, 0.6) is 0 Å². The first-order chi connectivity index (χ1) is 9.98. The first-order valence-electron chi connectivity index (χ1n) is 6.69. The van der Waals surface area contributed by atoms with Crippen LogP contribution in [0, 0.1) is 0 Å². The second-order valence-corrected chi connectivity index (χ2v) is 8.50. The Morgan fingerprint density at radius 2 is 2.05 bits per heavy atom. The van der Waals surface area contributed by atoms with E-state index in [0.29, 0.717) is 0 Å². The predicted octanol–water partition coefficient (Wildman–Crippen LogP) is -0.152. The number of ether oxygens (including phenoxy) is 3. The number of fused-ring (bicyclic) bond motifs is 1. The molecule has 2 saturated heterocycles. The van der Waals surface area contributed by atoms with Crippen LogP contribution in [0.25, 0.3) is 0 Å². The average Bonchev–Trinajstić information content (AvgIpc) is 2.78. The summed E-state index contributed by atoms with van der Waals surface area (Å²) in [6, 6.07) is 0. The van der Waals surface area contributed by atoms with Crippen LogP contribution < -0.4 is 0 Å². The molecule has 22 heavy (non-hydrogen) atoms. The second-order valence-electron chi connectivity index (χ2n) is 5.70. The topological polar surface area (TPSA) is 108 Å². The third kappa shape index (κ3) is 4.40. The summed E-state index contributed by atoms with van der Waals surface area (Å²) < 4.78 is 44.6. The minimum atomic E-state index is -3.78. The Hall–Kier alpha value is -0.230. The highest BCUT2D eigenvalue weighted by atomic mass is 32.2. The number of rotatable bonds is 5. The van der Waals surface area contributed by atoms with Gasteiger partial charge < -0.3 is 19.3 Å². The van der Waals surface area contributed by atoms with Crippen LogP contribution in [0.3, 0.4) is 0 Å².